The predicted octanol–water partition coefficient (Wildman–Crippen LogP) is 4.51. The van der Waals surface area contributed by atoms with Crippen molar-refractivity contribution in [2.45, 2.75) is 0 Å². The Bertz CT molecular complexity index is 765. The zero-order valence-corrected chi connectivity index (χ0v) is 14.0. The van der Waals surface area contributed by atoms with Gasteiger partial charge in [0.15, 0.2) is 0 Å². The van der Waals surface area contributed by atoms with Crippen LogP contribution in [-0.4, -0.2) is 19.1 Å². The molecule has 0 aliphatic heterocycles. The fraction of sp³-hybridized carbons (Fsp3) is 0.125. The SMILES string of the molecule is COP(=O)(OC)OC(=Cc1ccccc1)c1ccc([N+](=O)[O-])cc1. The van der Waals surface area contributed by atoms with Crippen LogP contribution in [-0.2, 0) is 18.1 Å². The number of nitrogens with zero attached hydrogens (tertiary/aromatic N) is 1. The molecule has 2 rings (SSSR count). The van der Waals surface area contributed by atoms with E-state index in [2.05, 4.69) is 0 Å². The summed E-state index contributed by atoms with van der Waals surface area (Å²) < 4.78 is 27.3. The van der Waals surface area contributed by atoms with E-state index in [9.17, 15) is 14.7 Å². The molecule has 0 bridgehead atoms. The Hall–Kier alpha value is -2.47. The van der Waals surface area contributed by atoms with E-state index in [0.29, 0.717) is 5.56 Å². The molecule has 2 aromatic rings. The van der Waals surface area contributed by atoms with Gasteiger partial charge in [-0.1, -0.05) is 30.3 Å². The molecular formula is C16H16NO6P. The predicted molar refractivity (Wildman–Crippen MR) is 90.1 cm³/mol. The Morgan fingerprint density at radius 1 is 1.04 bits per heavy atom. The zero-order valence-electron chi connectivity index (χ0n) is 13.1. The van der Waals surface area contributed by atoms with Crippen LogP contribution in [0.3, 0.4) is 0 Å². The lowest BCUT2D eigenvalue weighted by Gasteiger charge is -2.17. The van der Waals surface area contributed by atoms with Gasteiger partial charge >= 0.3 is 7.82 Å². The average Bonchev–Trinajstić information content (AvgIpc) is 2.62. The standard InChI is InChI=1S/C16H16NO6P/c1-21-24(20,22-2)23-16(12-13-6-4-3-5-7-13)14-8-10-15(11-9-14)17(18)19/h3-12H,1-2H3. The van der Waals surface area contributed by atoms with Crippen molar-refractivity contribution in [3.05, 3.63) is 75.8 Å². The molecule has 0 aliphatic carbocycles. The molecule has 0 atom stereocenters. The normalized spacial score (nSPS) is 12.0. The molecule has 0 fully saturated rings. The number of non-ortho nitro benzene ring substituents is 1. The molecule has 0 heterocycles. The van der Waals surface area contributed by atoms with E-state index in [-0.39, 0.29) is 11.4 Å². The maximum atomic E-state index is 12.3. The van der Waals surface area contributed by atoms with E-state index in [0.717, 1.165) is 5.56 Å². The van der Waals surface area contributed by atoms with E-state index < -0.39 is 12.7 Å². The second-order valence-electron chi connectivity index (χ2n) is 4.63. The minimum absolute atomic E-state index is 0.0560. The van der Waals surface area contributed by atoms with Gasteiger partial charge in [-0.15, -0.1) is 0 Å². The Morgan fingerprint density at radius 3 is 2.12 bits per heavy atom. The third kappa shape index (κ3) is 4.52. The first kappa shape index (κ1) is 17.9. The van der Waals surface area contributed by atoms with Crippen molar-refractivity contribution in [1.82, 2.24) is 0 Å². The molecule has 0 N–H and O–H groups in total. The highest BCUT2D eigenvalue weighted by molar-refractivity contribution is 7.48. The van der Waals surface area contributed by atoms with Gasteiger partial charge in [0.1, 0.15) is 5.76 Å². The summed E-state index contributed by atoms with van der Waals surface area (Å²) in [5.41, 5.74) is 1.24. The number of phosphoric ester groups is 1. The van der Waals surface area contributed by atoms with Crippen molar-refractivity contribution in [2.24, 2.45) is 0 Å². The number of hydrogen-bond acceptors (Lipinski definition) is 6. The van der Waals surface area contributed by atoms with Gasteiger partial charge in [-0.3, -0.25) is 19.2 Å². The van der Waals surface area contributed by atoms with Crippen molar-refractivity contribution in [1.29, 1.82) is 0 Å². The molecule has 0 amide bonds. The minimum atomic E-state index is -3.77. The van der Waals surface area contributed by atoms with Crippen LogP contribution in [0.5, 0.6) is 0 Å². The Morgan fingerprint density at radius 2 is 1.62 bits per heavy atom. The van der Waals surface area contributed by atoms with E-state index in [1.807, 2.05) is 30.3 Å². The average molecular weight is 349 g/mol. The summed E-state index contributed by atoms with van der Waals surface area (Å²) in [5.74, 6) is 0.211. The molecule has 0 saturated heterocycles. The van der Waals surface area contributed by atoms with Gasteiger partial charge in [0.05, 0.1) is 4.92 Å². The van der Waals surface area contributed by atoms with Crippen molar-refractivity contribution < 1.29 is 23.1 Å². The molecule has 0 saturated carbocycles. The lowest BCUT2D eigenvalue weighted by molar-refractivity contribution is -0.384. The molecule has 126 valence electrons. The summed E-state index contributed by atoms with van der Waals surface area (Å²) in [7, 11) is -1.36. The Kier molecular flexibility index (Phi) is 5.87. The fourth-order valence-corrected chi connectivity index (χ4v) is 2.58. The second kappa shape index (κ2) is 7.88. The number of nitro groups is 1. The Labute approximate surface area is 139 Å². The highest BCUT2D eigenvalue weighted by Gasteiger charge is 2.26. The smallest absolute Gasteiger partial charge is 0.403 e. The van der Waals surface area contributed by atoms with Crippen LogP contribution in [0.25, 0.3) is 11.8 Å². The first-order chi connectivity index (χ1) is 11.5. The van der Waals surface area contributed by atoms with Crippen LogP contribution >= 0.6 is 7.82 Å². The molecular weight excluding hydrogens is 333 g/mol. The van der Waals surface area contributed by atoms with E-state index in [1.54, 1.807) is 6.08 Å². The van der Waals surface area contributed by atoms with Gasteiger partial charge in [0.2, 0.25) is 0 Å². The number of rotatable bonds is 7. The van der Waals surface area contributed by atoms with Gasteiger partial charge in [-0.05, 0) is 23.8 Å². The quantitative estimate of drug-likeness (QED) is 0.240. The summed E-state index contributed by atoms with van der Waals surface area (Å²) >= 11 is 0. The Balaban J connectivity index is 2.44. The summed E-state index contributed by atoms with van der Waals surface area (Å²) in [5, 5.41) is 10.8. The largest absolute Gasteiger partial charge is 0.529 e. The van der Waals surface area contributed by atoms with Crippen LogP contribution in [0, 0.1) is 10.1 Å². The van der Waals surface area contributed by atoms with Gasteiger partial charge in [-0.2, -0.15) is 0 Å². The van der Waals surface area contributed by atoms with E-state index >= 15 is 0 Å². The first-order valence-corrected chi connectivity index (χ1v) is 8.36. The molecule has 0 aromatic heterocycles. The fourth-order valence-electron chi connectivity index (χ4n) is 1.88. The van der Waals surface area contributed by atoms with E-state index in [4.69, 9.17) is 13.6 Å². The van der Waals surface area contributed by atoms with Crippen LogP contribution in [0.4, 0.5) is 5.69 Å². The summed E-state index contributed by atoms with van der Waals surface area (Å²) in [6.45, 7) is 0. The lowest BCUT2D eigenvalue weighted by Crippen LogP contribution is -1.96. The van der Waals surface area contributed by atoms with Crippen molar-refractivity contribution in [3.63, 3.8) is 0 Å². The maximum absolute atomic E-state index is 12.3. The molecule has 0 spiro atoms. The van der Waals surface area contributed by atoms with Gasteiger partial charge in [0.25, 0.3) is 5.69 Å². The summed E-state index contributed by atoms with van der Waals surface area (Å²) in [6.07, 6.45) is 1.64. The van der Waals surface area contributed by atoms with Gasteiger partial charge in [-0.25, -0.2) is 4.57 Å². The maximum Gasteiger partial charge on any atom is 0.529 e. The molecule has 0 radical (unpaired) electrons. The zero-order chi connectivity index (χ0) is 17.6. The number of phosphoric acid groups is 1. The summed E-state index contributed by atoms with van der Waals surface area (Å²) in [6, 6.07) is 14.9. The van der Waals surface area contributed by atoms with E-state index in [1.165, 1.54) is 38.5 Å². The van der Waals surface area contributed by atoms with Crippen LogP contribution < -0.4 is 0 Å². The van der Waals surface area contributed by atoms with Gasteiger partial charge < -0.3 is 4.52 Å². The number of hydrogen-bond donors (Lipinski definition) is 0. The molecule has 0 aliphatic rings. The third-order valence-corrected chi connectivity index (χ3v) is 4.43. The highest BCUT2D eigenvalue weighted by atomic mass is 31.2. The third-order valence-electron chi connectivity index (χ3n) is 3.12. The highest BCUT2D eigenvalue weighted by Crippen LogP contribution is 2.51. The molecule has 24 heavy (non-hydrogen) atoms. The second-order valence-corrected chi connectivity index (χ2v) is 6.43. The van der Waals surface area contributed by atoms with Crippen molar-refractivity contribution >= 4 is 25.3 Å². The monoisotopic (exact) mass is 349 g/mol. The van der Waals surface area contributed by atoms with Crippen molar-refractivity contribution in [3.8, 4) is 0 Å². The lowest BCUT2D eigenvalue weighted by atomic mass is 10.1. The van der Waals surface area contributed by atoms with Crippen LogP contribution in [0.15, 0.2) is 54.6 Å². The molecule has 0 unspecified atom stereocenters. The van der Waals surface area contributed by atoms with Crippen LogP contribution in [0.2, 0.25) is 0 Å². The molecule has 2 aromatic carbocycles. The summed E-state index contributed by atoms with van der Waals surface area (Å²) in [4.78, 5) is 10.3. The van der Waals surface area contributed by atoms with Crippen LogP contribution in [0.1, 0.15) is 11.1 Å². The minimum Gasteiger partial charge on any atom is -0.403 e. The molecule has 8 heteroatoms. The number of nitro benzene ring substituents is 1. The topological polar surface area (TPSA) is 87.9 Å². The van der Waals surface area contributed by atoms with Gasteiger partial charge in [0, 0.05) is 31.9 Å². The number of benzene rings is 2. The van der Waals surface area contributed by atoms with Crippen molar-refractivity contribution in [2.75, 3.05) is 14.2 Å². The first-order valence-electron chi connectivity index (χ1n) is 6.90. The molecule has 7 nitrogen and oxygen atoms in total.